The average Bonchev–Trinajstić information content (AvgIpc) is 3.14. The number of nitrogens with zero attached hydrogens (tertiary/aromatic N) is 2. The minimum Gasteiger partial charge on any atom is -0.375 e. The van der Waals surface area contributed by atoms with Gasteiger partial charge in [-0.05, 0) is 23.3 Å². The normalized spacial score (nSPS) is 11.2. The Kier molecular flexibility index (Phi) is 3.59. The first-order valence-electron chi connectivity index (χ1n) is 7.35. The molecule has 0 radical (unpaired) electrons. The molecule has 23 heavy (non-hydrogen) atoms. The number of thiazole rings is 2. The molecule has 0 unspecified atom stereocenters. The van der Waals surface area contributed by atoms with Crippen molar-refractivity contribution in [1.82, 2.24) is 9.97 Å². The van der Waals surface area contributed by atoms with E-state index in [4.69, 9.17) is 10.7 Å². The van der Waals surface area contributed by atoms with E-state index >= 15 is 0 Å². The van der Waals surface area contributed by atoms with Crippen LogP contribution in [0.3, 0.4) is 0 Å². The maximum atomic E-state index is 5.79. The molecule has 2 N–H and O–H groups in total. The number of hydrogen-bond donors (Lipinski definition) is 1. The highest BCUT2D eigenvalue weighted by Gasteiger charge is 2.12. The van der Waals surface area contributed by atoms with E-state index in [1.54, 1.807) is 11.3 Å². The summed E-state index contributed by atoms with van der Waals surface area (Å²) in [7, 11) is 0. The maximum absolute atomic E-state index is 5.79. The van der Waals surface area contributed by atoms with Gasteiger partial charge in [-0.15, -0.1) is 11.3 Å². The standard InChI is InChI=1S/C18H15N3S2/c1-11-17(23-18(19)20-11)15-10-22-16(21-15)9-13-7-4-6-12-5-2-3-8-14(12)13/h2-8,10H,9H2,1H3,(H2,19,20). The van der Waals surface area contributed by atoms with Crippen LogP contribution in [-0.2, 0) is 6.42 Å². The van der Waals surface area contributed by atoms with Crippen LogP contribution in [-0.4, -0.2) is 9.97 Å². The average molecular weight is 337 g/mol. The topological polar surface area (TPSA) is 51.8 Å². The third kappa shape index (κ3) is 2.73. The predicted octanol–water partition coefficient (Wildman–Crippen LogP) is 4.90. The molecule has 114 valence electrons. The van der Waals surface area contributed by atoms with Crippen molar-refractivity contribution >= 4 is 38.6 Å². The Morgan fingerprint density at radius 1 is 1.04 bits per heavy atom. The summed E-state index contributed by atoms with van der Waals surface area (Å²) in [6, 6.07) is 14.9. The van der Waals surface area contributed by atoms with Crippen LogP contribution in [0.15, 0.2) is 47.8 Å². The number of rotatable bonds is 3. The van der Waals surface area contributed by atoms with Gasteiger partial charge in [0.05, 0.1) is 21.3 Å². The highest BCUT2D eigenvalue weighted by atomic mass is 32.1. The van der Waals surface area contributed by atoms with Crippen molar-refractivity contribution in [3.63, 3.8) is 0 Å². The van der Waals surface area contributed by atoms with Crippen LogP contribution in [0.1, 0.15) is 16.3 Å². The van der Waals surface area contributed by atoms with Crippen molar-refractivity contribution in [2.45, 2.75) is 13.3 Å². The number of aromatic nitrogens is 2. The van der Waals surface area contributed by atoms with Gasteiger partial charge < -0.3 is 5.73 Å². The van der Waals surface area contributed by atoms with Gasteiger partial charge in [0.1, 0.15) is 0 Å². The molecule has 2 aromatic carbocycles. The first-order valence-corrected chi connectivity index (χ1v) is 9.04. The smallest absolute Gasteiger partial charge is 0.180 e. The molecule has 2 heterocycles. The molecule has 2 aromatic heterocycles. The monoisotopic (exact) mass is 337 g/mol. The van der Waals surface area contributed by atoms with Gasteiger partial charge in [0.15, 0.2) is 5.13 Å². The third-order valence-corrected chi connectivity index (χ3v) is 5.68. The summed E-state index contributed by atoms with van der Waals surface area (Å²) in [5.41, 5.74) is 9.04. The Balaban J connectivity index is 1.68. The Morgan fingerprint density at radius 3 is 2.70 bits per heavy atom. The highest BCUT2D eigenvalue weighted by Crippen LogP contribution is 2.32. The largest absolute Gasteiger partial charge is 0.375 e. The summed E-state index contributed by atoms with van der Waals surface area (Å²) in [6.07, 6.45) is 0.847. The summed E-state index contributed by atoms with van der Waals surface area (Å²) in [4.78, 5) is 10.1. The van der Waals surface area contributed by atoms with Crippen LogP contribution in [0.25, 0.3) is 21.3 Å². The molecule has 0 aliphatic carbocycles. The van der Waals surface area contributed by atoms with E-state index in [-0.39, 0.29) is 0 Å². The molecular weight excluding hydrogens is 322 g/mol. The summed E-state index contributed by atoms with van der Waals surface area (Å²) in [5, 5.41) is 6.38. The fourth-order valence-electron chi connectivity index (χ4n) is 2.76. The molecule has 0 fully saturated rings. The summed E-state index contributed by atoms with van der Waals surface area (Å²) < 4.78 is 0. The van der Waals surface area contributed by atoms with Gasteiger partial charge in [-0.2, -0.15) is 0 Å². The highest BCUT2D eigenvalue weighted by molar-refractivity contribution is 7.19. The zero-order chi connectivity index (χ0) is 15.8. The molecule has 0 amide bonds. The third-order valence-electron chi connectivity index (χ3n) is 3.82. The number of aryl methyl sites for hydroxylation is 1. The molecule has 0 saturated heterocycles. The second-order valence-electron chi connectivity index (χ2n) is 5.41. The lowest BCUT2D eigenvalue weighted by atomic mass is 10.0. The van der Waals surface area contributed by atoms with E-state index in [1.807, 2.05) is 6.92 Å². The Labute approximate surface area is 142 Å². The minimum atomic E-state index is 0.598. The second-order valence-corrected chi connectivity index (χ2v) is 7.38. The van der Waals surface area contributed by atoms with Crippen LogP contribution in [0, 0.1) is 6.92 Å². The molecule has 4 aromatic rings. The lowest BCUT2D eigenvalue weighted by Gasteiger charge is -2.04. The van der Waals surface area contributed by atoms with E-state index in [9.17, 15) is 0 Å². The molecular formula is C18H15N3S2. The lowest BCUT2D eigenvalue weighted by molar-refractivity contribution is 1.15. The Bertz CT molecular complexity index is 980. The molecule has 0 bridgehead atoms. The molecule has 4 rings (SSSR count). The van der Waals surface area contributed by atoms with Gasteiger partial charge in [0.25, 0.3) is 0 Å². The number of benzene rings is 2. The molecule has 0 aliphatic rings. The van der Waals surface area contributed by atoms with Crippen molar-refractivity contribution in [1.29, 1.82) is 0 Å². The summed E-state index contributed by atoms with van der Waals surface area (Å²) in [6.45, 7) is 1.98. The maximum Gasteiger partial charge on any atom is 0.180 e. The first-order chi connectivity index (χ1) is 11.2. The molecule has 0 atom stereocenters. The van der Waals surface area contributed by atoms with Crippen molar-refractivity contribution in [2.75, 3.05) is 5.73 Å². The number of anilines is 1. The van der Waals surface area contributed by atoms with E-state index in [1.165, 1.54) is 27.7 Å². The van der Waals surface area contributed by atoms with E-state index in [0.29, 0.717) is 5.13 Å². The molecule has 3 nitrogen and oxygen atoms in total. The quantitative estimate of drug-likeness (QED) is 0.578. The fraction of sp³-hybridized carbons (Fsp3) is 0.111. The minimum absolute atomic E-state index is 0.598. The number of nitrogens with two attached hydrogens (primary N) is 1. The van der Waals surface area contributed by atoms with Crippen LogP contribution in [0.5, 0.6) is 0 Å². The van der Waals surface area contributed by atoms with Crippen molar-refractivity contribution in [3.8, 4) is 10.6 Å². The first kappa shape index (κ1) is 14.4. The molecule has 0 aliphatic heterocycles. The molecule has 0 saturated carbocycles. The number of nitrogen functional groups attached to an aromatic ring is 1. The summed E-state index contributed by atoms with van der Waals surface area (Å²) >= 11 is 3.19. The SMILES string of the molecule is Cc1nc(N)sc1-c1csc(Cc2cccc3ccccc23)n1. The number of hydrogen-bond acceptors (Lipinski definition) is 5. The predicted molar refractivity (Wildman–Crippen MR) is 99.1 cm³/mol. The lowest BCUT2D eigenvalue weighted by Crippen LogP contribution is -1.89. The van der Waals surface area contributed by atoms with Crippen molar-refractivity contribution < 1.29 is 0 Å². The van der Waals surface area contributed by atoms with Gasteiger partial charge in [-0.25, -0.2) is 9.97 Å². The van der Waals surface area contributed by atoms with E-state index in [2.05, 4.69) is 52.8 Å². The molecule has 5 heteroatoms. The van der Waals surface area contributed by atoms with Crippen LogP contribution >= 0.6 is 22.7 Å². The van der Waals surface area contributed by atoms with Crippen LogP contribution in [0.2, 0.25) is 0 Å². The Hall–Kier alpha value is -2.24. The zero-order valence-corrected chi connectivity index (χ0v) is 14.2. The second kappa shape index (κ2) is 5.76. The van der Waals surface area contributed by atoms with Crippen molar-refractivity contribution in [3.05, 3.63) is 64.1 Å². The van der Waals surface area contributed by atoms with E-state index < -0.39 is 0 Å². The zero-order valence-electron chi connectivity index (χ0n) is 12.6. The van der Waals surface area contributed by atoms with Gasteiger partial charge in [0, 0.05) is 11.8 Å². The van der Waals surface area contributed by atoms with Gasteiger partial charge in [0.2, 0.25) is 0 Å². The summed E-state index contributed by atoms with van der Waals surface area (Å²) in [5.74, 6) is 0. The van der Waals surface area contributed by atoms with Crippen LogP contribution < -0.4 is 5.73 Å². The van der Waals surface area contributed by atoms with Crippen molar-refractivity contribution in [2.24, 2.45) is 0 Å². The van der Waals surface area contributed by atoms with Gasteiger partial charge in [-0.1, -0.05) is 53.8 Å². The van der Waals surface area contributed by atoms with Crippen LogP contribution in [0.4, 0.5) is 5.13 Å². The van der Waals surface area contributed by atoms with Gasteiger partial charge >= 0.3 is 0 Å². The molecule has 0 spiro atoms. The van der Waals surface area contributed by atoms with Gasteiger partial charge in [-0.3, -0.25) is 0 Å². The number of fused-ring (bicyclic) bond motifs is 1. The Morgan fingerprint density at radius 2 is 1.87 bits per heavy atom. The van der Waals surface area contributed by atoms with E-state index in [0.717, 1.165) is 27.7 Å². The fourth-order valence-corrected chi connectivity index (χ4v) is 4.44.